The summed E-state index contributed by atoms with van der Waals surface area (Å²) in [6.45, 7) is 7.78. The van der Waals surface area contributed by atoms with E-state index >= 15 is 0 Å². The lowest BCUT2D eigenvalue weighted by Crippen LogP contribution is -2.42. The predicted octanol–water partition coefficient (Wildman–Crippen LogP) is 5.51. The molecule has 138 valence electrons. The fourth-order valence-electron chi connectivity index (χ4n) is 2.98. The Morgan fingerprint density at radius 2 is 1.88 bits per heavy atom. The molecule has 1 rings (SSSR count). The van der Waals surface area contributed by atoms with Crippen molar-refractivity contribution in [1.82, 2.24) is 4.90 Å². The van der Waals surface area contributed by atoms with Crippen molar-refractivity contribution in [3.63, 3.8) is 0 Å². The van der Waals surface area contributed by atoms with E-state index in [2.05, 4.69) is 13.5 Å². The summed E-state index contributed by atoms with van der Waals surface area (Å²) < 4.78 is 4.89. The highest BCUT2D eigenvalue weighted by atomic mass is 16.5. The highest BCUT2D eigenvalue weighted by Crippen LogP contribution is 2.26. The Balaban J connectivity index is 2.95. The number of hydrogen-bond donors (Lipinski definition) is 0. The van der Waals surface area contributed by atoms with E-state index in [1.54, 1.807) is 6.08 Å². The molecule has 0 aliphatic carbocycles. The molecule has 2 amide bonds. The topological polar surface area (TPSA) is 46.6 Å². The van der Waals surface area contributed by atoms with Crippen molar-refractivity contribution >= 4 is 12.0 Å². The van der Waals surface area contributed by atoms with Crippen LogP contribution in [0, 0.1) is 5.92 Å². The summed E-state index contributed by atoms with van der Waals surface area (Å²) >= 11 is 0. The van der Waals surface area contributed by atoms with E-state index in [1.807, 2.05) is 37.3 Å². The first-order valence-corrected chi connectivity index (χ1v) is 9.13. The van der Waals surface area contributed by atoms with Gasteiger partial charge < -0.3 is 4.74 Å². The van der Waals surface area contributed by atoms with E-state index in [9.17, 15) is 9.59 Å². The first kappa shape index (κ1) is 20.9. The Morgan fingerprint density at radius 3 is 2.44 bits per heavy atom. The van der Waals surface area contributed by atoms with Crippen molar-refractivity contribution in [3.05, 3.63) is 48.6 Å². The molecule has 0 aromatic heterocycles. The van der Waals surface area contributed by atoms with Gasteiger partial charge in [-0.2, -0.15) is 0 Å². The molecule has 4 heteroatoms. The van der Waals surface area contributed by atoms with Crippen LogP contribution >= 0.6 is 0 Å². The first-order chi connectivity index (χ1) is 12.1. The van der Waals surface area contributed by atoms with Gasteiger partial charge >= 0.3 is 6.09 Å². The number of ether oxygens (including phenoxy) is 1. The van der Waals surface area contributed by atoms with E-state index < -0.39 is 6.09 Å². The maximum atomic E-state index is 13.1. The monoisotopic (exact) mass is 345 g/mol. The smallest absolute Gasteiger partial charge is 0.416 e. The normalized spacial score (nSPS) is 12.9. The Labute approximate surface area is 151 Å². The number of carbonyl (C=O) groups is 2. The van der Waals surface area contributed by atoms with E-state index in [0.717, 1.165) is 37.7 Å². The lowest BCUT2D eigenvalue weighted by Gasteiger charge is -2.29. The molecule has 0 radical (unpaired) electrons. The average Bonchev–Trinajstić information content (AvgIpc) is 2.64. The van der Waals surface area contributed by atoms with Gasteiger partial charge in [-0.05, 0) is 25.3 Å². The third-order valence-electron chi connectivity index (χ3n) is 4.48. The van der Waals surface area contributed by atoms with Gasteiger partial charge in [-0.25, -0.2) is 9.69 Å². The maximum Gasteiger partial charge on any atom is 0.416 e. The second-order valence-electron chi connectivity index (χ2n) is 6.34. The molecule has 0 spiro atoms. The van der Waals surface area contributed by atoms with Crippen molar-refractivity contribution in [2.24, 2.45) is 5.92 Å². The minimum absolute atomic E-state index is 0.181. The zero-order valence-electron chi connectivity index (χ0n) is 15.7. The second-order valence-corrected chi connectivity index (χ2v) is 6.34. The summed E-state index contributed by atoms with van der Waals surface area (Å²) in [6.07, 6.45) is 6.88. The molecule has 25 heavy (non-hydrogen) atoms. The number of unbranched alkanes of at least 4 members (excludes halogenated alkanes) is 3. The number of imide groups is 1. The first-order valence-electron chi connectivity index (χ1n) is 9.13. The van der Waals surface area contributed by atoms with Gasteiger partial charge in [-0.3, -0.25) is 4.79 Å². The molecule has 1 aromatic carbocycles. The molecule has 2 atom stereocenters. The Kier molecular flexibility index (Phi) is 9.60. The quantitative estimate of drug-likeness (QED) is 0.415. The van der Waals surface area contributed by atoms with Crippen LogP contribution in [0.15, 0.2) is 43.0 Å². The van der Waals surface area contributed by atoms with Gasteiger partial charge in [0, 0.05) is 5.92 Å². The molecule has 0 aliphatic rings. The van der Waals surface area contributed by atoms with Crippen LogP contribution < -0.4 is 0 Å². The van der Waals surface area contributed by atoms with Gasteiger partial charge in [-0.1, -0.05) is 69.0 Å². The van der Waals surface area contributed by atoms with Crippen LogP contribution in [0.5, 0.6) is 0 Å². The predicted molar refractivity (Wildman–Crippen MR) is 101 cm³/mol. The average molecular weight is 345 g/mol. The summed E-state index contributed by atoms with van der Waals surface area (Å²) in [5, 5.41) is 0. The van der Waals surface area contributed by atoms with Crippen LogP contribution in [0.1, 0.15) is 64.0 Å². The Morgan fingerprint density at radius 1 is 1.20 bits per heavy atom. The van der Waals surface area contributed by atoms with Crippen molar-refractivity contribution in [2.45, 2.75) is 58.4 Å². The van der Waals surface area contributed by atoms with E-state index in [4.69, 9.17) is 4.74 Å². The number of carbonyl (C=O) groups excluding carboxylic acids is 2. The molecule has 0 N–H and O–H groups in total. The third kappa shape index (κ3) is 6.37. The minimum Gasteiger partial charge on any atom is -0.452 e. The summed E-state index contributed by atoms with van der Waals surface area (Å²) in [5.41, 5.74) is 0.907. The molecule has 0 saturated carbocycles. The van der Waals surface area contributed by atoms with Crippen LogP contribution in [-0.4, -0.2) is 24.0 Å². The van der Waals surface area contributed by atoms with Crippen LogP contribution in [0.2, 0.25) is 0 Å². The molecule has 0 heterocycles. The Bertz CT molecular complexity index is 541. The lowest BCUT2D eigenvalue weighted by molar-refractivity contribution is -0.135. The van der Waals surface area contributed by atoms with Gasteiger partial charge in [0.2, 0.25) is 5.91 Å². The molecule has 4 nitrogen and oxygen atoms in total. The highest BCUT2D eigenvalue weighted by Gasteiger charge is 2.33. The number of nitrogens with zero attached hydrogens (tertiary/aromatic N) is 1. The fourth-order valence-corrected chi connectivity index (χ4v) is 2.98. The van der Waals surface area contributed by atoms with Gasteiger partial charge in [0.05, 0.1) is 13.2 Å². The molecule has 1 unspecified atom stereocenters. The molecule has 0 fully saturated rings. The van der Waals surface area contributed by atoms with Crippen LogP contribution in [-0.2, 0) is 9.53 Å². The number of hydrogen-bond acceptors (Lipinski definition) is 3. The minimum atomic E-state index is -0.607. The second kappa shape index (κ2) is 11.5. The molecular formula is C21H31NO3. The summed E-state index contributed by atoms with van der Waals surface area (Å²) in [6, 6.07) is 9.17. The zero-order chi connectivity index (χ0) is 18.7. The number of benzene rings is 1. The molecular weight excluding hydrogens is 314 g/mol. The number of methoxy groups -OCH3 is 1. The van der Waals surface area contributed by atoms with Gasteiger partial charge in [0.1, 0.15) is 0 Å². The van der Waals surface area contributed by atoms with E-state index in [0.29, 0.717) is 6.42 Å². The maximum absolute atomic E-state index is 13.1. The summed E-state index contributed by atoms with van der Waals surface area (Å²) in [4.78, 5) is 26.7. The third-order valence-corrected chi connectivity index (χ3v) is 4.48. The molecule has 0 saturated heterocycles. The largest absolute Gasteiger partial charge is 0.452 e. The van der Waals surface area contributed by atoms with Crippen molar-refractivity contribution in [3.8, 4) is 0 Å². The van der Waals surface area contributed by atoms with Gasteiger partial charge in [-0.15, -0.1) is 6.58 Å². The fraction of sp³-hybridized carbons (Fsp3) is 0.524. The van der Waals surface area contributed by atoms with Crippen molar-refractivity contribution in [1.29, 1.82) is 0 Å². The highest BCUT2D eigenvalue weighted by molar-refractivity contribution is 5.93. The van der Waals surface area contributed by atoms with Crippen molar-refractivity contribution in [2.75, 3.05) is 7.11 Å². The summed E-state index contributed by atoms with van der Waals surface area (Å²) in [7, 11) is 1.31. The number of allylic oxidation sites excluding steroid dienone is 1. The van der Waals surface area contributed by atoms with Gasteiger partial charge in [0.15, 0.2) is 0 Å². The van der Waals surface area contributed by atoms with Crippen LogP contribution in [0.4, 0.5) is 4.79 Å². The SMILES string of the molecule is C=CCC(CCCCCC)C(=O)N(C(=O)OC)[C@H](C)c1ccccc1. The standard InChI is InChI=1S/C21H31NO3/c1-5-7-8-10-16-19(13-6-2)20(23)22(21(24)25-4)17(3)18-14-11-9-12-15-18/h6,9,11-12,14-15,17,19H,2,5,7-8,10,13,16H2,1,3-4H3/t17-,19?/m1/s1. The lowest BCUT2D eigenvalue weighted by atomic mass is 9.94. The van der Waals surface area contributed by atoms with Crippen molar-refractivity contribution < 1.29 is 14.3 Å². The van der Waals surface area contributed by atoms with Crippen LogP contribution in [0.3, 0.4) is 0 Å². The van der Waals surface area contributed by atoms with E-state index in [1.165, 1.54) is 12.0 Å². The summed E-state index contributed by atoms with van der Waals surface area (Å²) in [5.74, 6) is -0.417. The molecule has 1 aromatic rings. The number of rotatable bonds is 10. The molecule has 0 bridgehead atoms. The number of amides is 2. The zero-order valence-corrected chi connectivity index (χ0v) is 15.7. The molecule has 0 aliphatic heterocycles. The van der Waals surface area contributed by atoms with E-state index in [-0.39, 0.29) is 17.9 Å². The Hall–Kier alpha value is -2.10. The van der Waals surface area contributed by atoms with Gasteiger partial charge in [0.25, 0.3) is 0 Å². The van der Waals surface area contributed by atoms with Crippen LogP contribution in [0.25, 0.3) is 0 Å².